The van der Waals surface area contributed by atoms with Crippen LogP contribution in [-0.4, -0.2) is 58.0 Å². The Labute approximate surface area is 203 Å². The van der Waals surface area contributed by atoms with Crippen molar-refractivity contribution in [2.75, 3.05) is 30.4 Å². The molecule has 178 valence electrons. The highest BCUT2D eigenvalue weighted by molar-refractivity contribution is 6.00. The van der Waals surface area contributed by atoms with Gasteiger partial charge in [-0.25, -0.2) is 9.97 Å². The zero-order valence-corrected chi connectivity index (χ0v) is 20.0. The van der Waals surface area contributed by atoms with E-state index in [1.165, 1.54) is 18.5 Å². The highest BCUT2D eigenvalue weighted by atomic mass is 16.3. The van der Waals surface area contributed by atoms with Crippen LogP contribution in [0.5, 0.6) is 0 Å². The van der Waals surface area contributed by atoms with Gasteiger partial charge in [0.25, 0.3) is 0 Å². The molecule has 8 heteroatoms. The first-order valence-electron chi connectivity index (χ1n) is 12.5. The highest BCUT2D eigenvalue weighted by Gasteiger charge is 2.37. The number of piperidine rings is 2. The Bertz CT molecular complexity index is 1480. The smallest absolute Gasteiger partial charge is 0.229 e. The first-order chi connectivity index (χ1) is 17.0. The average Bonchev–Trinajstić information content (AvgIpc) is 3.64. The molecule has 0 radical (unpaired) electrons. The van der Waals surface area contributed by atoms with Gasteiger partial charge in [0.2, 0.25) is 11.8 Å². The summed E-state index contributed by atoms with van der Waals surface area (Å²) < 4.78 is 6.21. The SMILES string of the molecule is Cc1ncc(-c2nc3cc(N4C[C@H]5CC[C@@H]4CN5C)ccc3o2)c2cc(NC(=O)C3CC3)ncc12. The largest absolute Gasteiger partial charge is 0.436 e. The molecule has 1 amide bonds. The first kappa shape index (κ1) is 20.8. The van der Waals surface area contributed by atoms with Gasteiger partial charge in [-0.2, -0.15) is 0 Å². The maximum atomic E-state index is 12.3. The molecule has 1 aliphatic carbocycles. The minimum absolute atomic E-state index is 0.0381. The normalized spacial score (nSPS) is 22.3. The lowest BCUT2D eigenvalue weighted by molar-refractivity contribution is -0.117. The van der Waals surface area contributed by atoms with Crippen molar-refractivity contribution in [3.8, 4) is 11.5 Å². The zero-order valence-electron chi connectivity index (χ0n) is 20.0. The van der Waals surface area contributed by atoms with Crippen LogP contribution in [0.4, 0.5) is 11.5 Å². The molecular weight excluding hydrogens is 440 g/mol. The van der Waals surface area contributed by atoms with E-state index in [0.29, 0.717) is 23.8 Å². The third kappa shape index (κ3) is 3.55. The molecule has 4 fully saturated rings. The topological polar surface area (TPSA) is 87.4 Å². The lowest BCUT2D eigenvalue weighted by atomic mass is 9.91. The van der Waals surface area contributed by atoms with Gasteiger partial charge in [-0.3, -0.25) is 14.7 Å². The predicted octanol–water partition coefficient (Wildman–Crippen LogP) is 4.38. The summed E-state index contributed by atoms with van der Waals surface area (Å²) >= 11 is 0. The van der Waals surface area contributed by atoms with Gasteiger partial charge >= 0.3 is 0 Å². The third-order valence-electron chi connectivity index (χ3n) is 7.91. The van der Waals surface area contributed by atoms with Crippen LogP contribution in [0.15, 0.2) is 41.1 Å². The summed E-state index contributed by atoms with van der Waals surface area (Å²) in [6.07, 6.45) is 8.00. The molecule has 8 rings (SSSR count). The second kappa shape index (κ2) is 7.75. The monoisotopic (exact) mass is 468 g/mol. The number of anilines is 2. The lowest BCUT2D eigenvalue weighted by Crippen LogP contribution is -2.61. The molecule has 35 heavy (non-hydrogen) atoms. The van der Waals surface area contributed by atoms with E-state index < -0.39 is 0 Å². The summed E-state index contributed by atoms with van der Waals surface area (Å²) in [6, 6.07) is 9.41. The highest BCUT2D eigenvalue weighted by Crippen LogP contribution is 2.36. The summed E-state index contributed by atoms with van der Waals surface area (Å²) in [5, 5.41) is 4.79. The minimum Gasteiger partial charge on any atom is -0.436 e. The fourth-order valence-electron chi connectivity index (χ4n) is 5.64. The number of pyridine rings is 2. The Kier molecular flexibility index (Phi) is 4.61. The number of likely N-dealkylation sites (N-methyl/N-ethyl adjacent to an activating group) is 1. The van der Waals surface area contributed by atoms with Gasteiger partial charge in [-0.05, 0) is 63.9 Å². The number of amides is 1. The number of nitrogens with zero attached hydrogens (tertiary/aromatic N) is 5. The van der Waals surface area contributed by atoms with E-state index in [1.807, 2.05) is 19.1 Å². The number of fused-ring (bicyclic) bond motifs is 5. The van der Waals surface area contributed by atoms with Crippen LogP contribution in [-0.2, 0) is 4.79 Å². The number of piperazine rings is 1. The summed E-state index contributed by atoms with van der Waals surface area (Å²) in [5.41, 5.74) is 4.48. The van der Waals surface area contributed by atoms with Crippen LogP contribution >= 0.6 is 0 Å². The number of benzene rings is 1. The van der Waals surface area contributed by atoms with E-state index in [0.717, 1.165) is 59.1 Å². The standard InChI is InChI=1S/C27H28N6O2/c1-15-21-11-29-25(31-26(34)16-3-4-16)10-20(21)22(12-28-15)27-30-23-9-17(7-8-24(23)35-27)33-14-18-5-6-19(33)13-32(18)2/h7-12,16,18-19H,3-6,13-14H2,1-2H3,(H,29,31,34)/t18-,19-/m1/s1. The molecule has 3 aromatic heterocycles. The van der Waals surface area contributed by atoms with Gasteiger partial charge in [0, 0.05) is 65.6 Å². The molecule has 6 heterocycles. The van der Waals surface area contributed by atoms with Gasteiger partial charge in [0.05, 0.1) is 5.56 Å². The van der Waals surface area contributed by atoms with E-state index in [4.69, 9.17) is 9.40 Å². The molecule has 1 N–H and O–H groups in total. The van der Waals surface area contributed by atoms with E-state index in [2.05, 4.69) is 44.3 Å². The van der Waals surface area contributed by atoms with Gasteiger partial charge in [-0.1, -0.05) is 0 Å². The third-order valence-corrected chi connectivity index (χ3v) is 7.91. The van der Waals surface area contributed by atoms with E-state index in [-0.39, 0.29) is 11.8 Å². The van der Waals surface area contributed by atoms with E-state index in [1.54, 1.807) is 12.4 Å². The molecule has 2 bridgehead atoms. The number of nitrogens with one attached hydrogen (secondary N) is 1. The summed E-state index contributed by atoms with van der Waals surface area (Å²) in [7, 11) is 2.24. The van der Waals surface area contributed by atoms with Crippen molar-refractivity contribution >= 4 is 39.3 Å². The first-order valence-corrected chi connectivity index (χ1v) is 12.5. The number of carbonyl (C=O) groups is 1. The number of rotatable bonds is 4. The fraction of sp³-hybridized carbons (Fsp3) is 0.407. The maximum absolute atomic E-state index is 12.3. The zero-order chi connectivity index (χ0) is 23.7. The quantitative estimate of drug-likeness (QED) is 0.476. The second-order valence-corrected chi connectivity index (χ2v) is 10.3. The maximum Gasteiger partial charge on any atom is 0.229 e. The molecule has 1 saturated carbocycles. The van der Waals surface area contributed by atoms with Crippen molar-refractivity contribution in [1.82, 2.24) is 19.9 Å². The molecule has 8 nitrogen and oxygen atoms in total. The Morgan fingerprint density at radius 1 is 1.03 bits per heavy atom. The van der Waals surface area contributed by atoms with Crippen molar-refractivity contribution in [2.45, 2.75) is 44.7 Å². The Hall–Kier alpha value is -3.52. The summed E-state index contributed by atoms with van der Waals surface area (Å²) in [5.74, 6) is 1.23. The molecule has 4 aliphatic rings. The van der Waals surface area contributed by atoms with Crippen LogP contribution in [0.25, 0.3) is 33.3 Å². The molecule has 0 unspecified atom stereocenters. The number of hydrogen-bond donors (Lipinski definition) is 1. The number of hydrogen-bond acceptors (Lipinski definition) is 7. The minimum atomic E-state index is 0.0381. The van der Waals surface area contributed by atoms with Gasteiger partial charge in [-0.15, -0.1) is 0 Å². The molecule has 4 aromatic rings. The second-order valence-electron chi connectivity index (χ2n) is 10.3. The van der Waals surface area contributed by atoms with E-state index in [9.17, 15) is 4.79 Å². The van der Waals surface area contributed by atoms with Crippen LogP contribution in [0.3, 0.4) is 0 Å². The van der Waals surface area contributed by atoms with E-state index >= 15 is 0 Å². The summed E-state index contributed by atoms with van der Waals surface area (Å²) in [4.78, 5) is 31.2. The molecule has 1 aromatic carbocycles. The van der Waals surface area contributed by atoms with Crippen LogP contribution in [0.2, 0.25) is 0 Å². The van der Waals surface area contributed by atoms with Crippen molar-refractivity contribution in [1.29, 1.82) is 0 Å². The average molecular weight is 469 g/mol. The predicted molar refractivity (Wildman–Crippen MR) is 135 cm³/mol. The van der Waals surface area contributed by atoms with Crippen molar-refractivity contribution in [2.24, 2.45) is 5.92 Å². The number of aryl methyl sites for hydroxylation is 1. The molecule has 0 spiro atoms. The van der Waals surface area contributed by atoms with Crippen LogP contribution in [0, 0.1) is 12.8 Å². The molecule has 2 atom stereocenters. The Morgan fingerprint density at radius 3 is 2.66 bits per heavy atom. The van der Waals surface area contributed by atoms with Gasteiger partial charge in [0.1, 0.15) is 11.3 Å². The van der Waals surface area contributed by atoms with Crippen molar-refractivity contribution in [3.63, 3.8) is 0 Å². The van der Waals surface area contributed by atoms with Crippen molar-refractivity contribution in [3.05, 3.63) is 42.4 Å². The van der Waals surface area contributed by atoms with Gasteiger partial charge < -0.3 is 14.6 Å². The van der Waals surface area contributed by atoms with Crippen molar-refractivity contribution < 1.29 is 9.21 Å². The Morgan fingerprint density at radius 2 is 1.89 bits per heavy atom. The Balaban J connectivity index is 1.26. The number of carbonyl (C=O) groups excluding carboxylic acids is 1. The van der Waals surface area contributed by atoms with Crippen LogP contribution in [0.1, 0.15) is 31.4 Å². The number of aromatic nitrogens is 3. The lowest BCUT2D eigenvalue weighted by Gasteiger charge is -2.51. The van der Waals surface area contributed by atoms with Gasteiger partial charge in [0.15, 0.2) is 5.58 Å². The van der Waals surface area contributed by atoms with Crippen LogP contribution < -0.4 is 10.2 Å². The summed E-state index contributed by atoms with van der Waals surface area (Å²) in [6.45, 7) is 4.13. The number of oxazole rings is 1. The molecular formula is C27H28N6O2. The molecule has 3 saturated heterocycles. The fourth-order valence-corrected chi connectivity index (χ4v) is 5.64. The molecule has 3 aliphatic heterocycles.